The van der Waals surface area contributed by atoms with Gasteiger partial charge in [0.1, 0.15) is 0 Å². The van der Waals surface area contributed by atoms with Gasteiger partial charge in [0.2, 0.25) is 0 Å². The summed E-state index contributed by atoms with van der Waals surface area (Å²) >= 11 is 5.57. The second-order valence-electron chi connectivity index (χ2n) is 5.42. The molecule has 5 heteroatoms. The van der Waals surface area contributed by atoms with Crippen molar-refractivity contribution in [2.75, 3.05) is 7.05 Å². The number of hydrogen-bond acceptors (Lipinski definition) is 3. The van der Waals surface area contributed by atoms with E-state index in [4.69, 9.17) is 0 Å². The predicted octanol–water partition coefficient (Wildman–Crippen LogP) is 4.35. The molecule has 21 heavy (non-hydrogen) atoms. The lowest BCUT2D eigenvalue weighted by Gasteiger charge is -2.24. The molecular weight excluding hydrogens is 346 g/mol. The van der Waals surface area contributed by atoms with Gasteiger partial charge in [0, 0.05) is 24.0 Å². The van der Waals surface area contributed by atoms with E-state index in [0.29, 0.717) is 6.04 Å². The minimum absolute atomic E-state index is 0.515. The highest BCUT2D eigenvalue weighted by Gasteiger charge is 2.18. The number of hydrogen-bond donors (Lipinski definition) is 0. The molecule has 1 unspecified atom stereocenters. The van der Waals surface area contributed by atoms with Gasteiger partial charge in [-0.3, -0.25) is 9.58 Å². The van der Waals surface area contributed by atoms with Gasteiger partial charge in [0.15, 0.2) is 0 Å². The monoisotopic (exact) mass is 369 g/mol. The van der Waals surface area contributed by atoms with Crippen LogP contribution in [0.3, 0.4) is 0 Å². The zero-order valence-electron chi connectivity index (χ0n) is 13.3. The van der Waals surface area contributed by atoms with Crippen molar-refractivity contribution in [1.82, 2.24) is 14.7 Å². The van der Waals surface area contributed by atoms with E-state index in [0.717, 1.165) is 31.6 Å². The van der Waals surface area contributed by atoms with Gasteiger partial charge >= 0.3 is 0 Å². The molecule has 0 fully saturated rings. The lowest BCUT2D eigenvalue weighted by Crippen LogP contribution is -2.31. The van der Waals surface area contributed by atoms with Crippen LogP contribution < -0.4 is 0 Å². The Balaban J connectivity index is 2.08. The Morgan fingerprint density at radius 3 is 2.76 bits per heavy atom. The largest absolute Gasteiger partial charge is 0.297 e. The Labute approximate surface area is 140 Å². The van der Waals surface area contributed by atoms with Crippen LogP contribution in [0.4, 0.5) is 0 Å². The summed E-state index contributed by atoms with van der Waals surface area (Å²) in [5.74, 6) is 0. The highest BCUT2D eigenvalue weighted by molar-refractivity contribution is 9.10. The Bertz CT molecular complexity index is 562. The molecule has 0 aromatic carbocycles. The van der Waals surface area contributed by atoms with E-state index >= 15 is 0 Å². The summed E-state index contributed by atoms with van der Waals surface area (Å²) in [5.41, 5.74) is 2.45. The molecule has 2 rings (SSSR count). The number of thiophene rings is 1. The van der Waals surface area contributed by atoms with Crippen molar-refractivity contribution >= 4 is 27.3 Å². The van der Waals surface area contributed by atoms with Crippen LogP contribution in [0.2, 0.25) is 0 Å². The van der Waals surface area contributed by atoms with Crippen LogP contribution in [0.5, 0.6) is 0 Å². The number of likely N-dealkylation sites (N-methyl/N-ethyl adjacent to an activating group) is 1. The van der Waals surface area contributed by atoms with Gasteiger partial charge in [0.25, 0.3) is 0 Å². The van der Waals surface area contributed by atoms with Crippen molar-refractivity contribution in [3.05, 3.63) is 38.3 Å². The molecule has 1 atom stereocenters. The maximum Gasteiger partial charge on any atom is 0.0767 e. The van der Waals surface area contributed by atoms with E-state index in [2.05, 4.69) is 75.9 Å². The van der Waals surface area contributed by atoms with Crippen molar-refractivity contribution in [2.45, 2.75) is 52.7 Å². The Hall–Kier alpha value is -0.650. The summed E-state index contributed by atoms with van der Waals surface area (Å²) in [4.78, 5) is 3.86. The second-order valence-corrected chi connectivity index (χ2v) is 7.25. The number of aromatic nitrogens is 2. The fourth-order valence-electron chi connectivity index (χ4n) is 2.44. The standard InChI is InChI=1S/C16H24BrN3S/c1-5-14-16(17)15(20(6-2)18-14)11-19(4)12(3)10-13-8-7-9-21-13/h7-9,12H,5-6,10-11H2,1-4H3. The topological polar surface area (TPSA) is 21.1 Å². The summed E-state index contributed by atoms with van der Waals surface area (Å²) in [5, 5.41) is 6.83. The smallest absolute Gasteiger partial charge is 0.0767 e. The maximum atomic E-state index is 4.68. The predicted molar refractivity (Wildman–Crippen MR) is 93.9 cm³/mol. The molecule has 116 valence electrons. The van der Waals surface area contributed by atoms with Crippen molar-refractivity contribution in [1.29, 1.82) is 0 Å². The van der Waals surface area contributed by atoms with E-state index in [-0.39, 0.29) is 0 Å². The minimum atomic E-state index is 0.515. The third-order valence-corrected chi connectivity index (χ3v) is 5.74. The molecule has 0 amide bonds. The lowest BCUT2D eigenvalue weighted by molar-refractivity contribution is 0.241. The van der Waals surface area contributed by atoms with E-state index in [1.54, 1.807) is 0 Å². The summed E-state index contributed by atoms with van der Waals surface area (Å²) in [6.07, 6.45) is 2.07. The highest BCUT2D eigenvalue weighted by Crippen LogP contribution is 2.24. The molecule has 2 aromatic rings. The molecule has 0 aliphatic heterocycles. The van der Waals surface area contributed by atoms with Crippen LogP contribution in [-0.2, 0) is 25.9 Å². The van der Waals surface area contributed by atoms with E-state index < -0.39 is 0 Å². The first-order valence-electron chi connectivity index (χ1n) is 7.53. The summed E-state index contributed by atoms with van der Waals surface area (Å²) in [6.45, 7) is 8.44. The SMILES string of the molecule is CCc1nn(CC)c(CN(C)C(C)Cc2cccs2)c1Br. The van der Waals surface area contributed by atoms with E-state index in [1.165, 1.54) is 15.0 Å². The van der Waals surface area contributed by atoms with Crippen LogP contribution in [0.25, 0.3) is 0 Å². The number of halogens is 1. The first kappa shape index (κ1) is 16.7. The van der Waals surface area contributed by atoms with Gasteiger partial charge < -0.3 is 0 Å². The number of nitrogens with zero attached hydrogens (tertiary/aromatic N) is 3. The molecule has 0 aliphatic rings. The molecule has 0 saturated heterocycles. The first-order valence-corrected chi connectivity index (χ1v) is 9.20. The molecular formula is C16H24BrN3S. The van der Waals surface area contributed by atoms with Crippen LogP contribution in [0.15, 0.2) is 22.0 Å². The summed E-state index contributed by atoms with van der Waals surface area (Å²) < 4.78 is 3.30. The van der Waals surface area contributed by atoms with Crippen molar-refractivity contribution < 1.29 is 0 Å². The highest BCUT2D eigenvalue weighted by atomic mass is 79.9. The second kappa shape index (κ2) is 7.56. The third kappa shape index (κ3) is 3.96. The van der Waals surface area contributed by atoms with Crippen LogP contribution in [0.1, 0.15) is 37.0 Å². The molecule has 0 aliphatic carbocycles. The van der Waals surface area contributed by atoms with E-state index in [1.807, 2.05) is 11.3 Å². The zero-order chi connectivity index (χ0) is 15.4. The fraction of sp³-hybridized carbons (Fsp3) is 0.562. The Morgan fingerprint density at radius 1 is 1.43 bits per heavy atom. The third-order valence-electron chi connectivity index (χ3n) is 3.92. The van der Waals surface area contributed by atoms with Gasteiger partial charge in [-0.1, -0.05) is 13.0 Å². The Morgan fingerprint density at radius 2 is 2.19 bits per heavy atom. The number of aryl methyl sites for hydroxylation is 2. The zero-order valence-corrected chi connectivity index (χ0v) is 15.7. The normalized spacial score (nSPS) is 13.0. The average molecular weight is 370 g/mol. The van der Waals surface area contributed by atoms with Crippen LogP contribution in [0, 0.1) is 0 Å². The Kier molecular flexibility index (Phi) is 6.02. The van der Waals surface area contributed by atoms with Crippen molar-refractivity contribution in [3.8, 4) is 0 Å². The van der Waals surface area contributed by atoms with Gasteiger partial charge in [-0.05, 0) is 61.1 Å². The molecule has 3 nitrogen and oxygen atoms in total. The van der Waals surface area contributed by atoms with Gasteiger partial charge in [-0.15, -0.1) is 11.3 Å². The fourth-order valence-corrected chi connectivity index (χ4v) is 3.95. The molecule has 0 saturated carbocycles. The minimum Gasteiger partial charge on any atom is -0.297 e. The van der Waals surface area contributed by atoms with Crippen molar-refractivity contribution in [3.63, 3.8) is 0 Å². The first-order chi connectivity index (χ1) is 10.1. The molecule has 2 heterocycles. The summed E-state index contributed by atoms with van der Waals surface area (Å²) in [7, 11) is 2.20. The maximum absolute atomic E-state index is 4.68. The summed E-state index contributed by atoms with van der Waals surface area (Å²) in [6, 6.07) is 4.86. The molecule has 0 bridgehead atoms. The van der Waals surface area contributed by atoms with Gasteiger partial charge in [-0.25, -0.2) is 0 Å². The van der Waals surface area contributed by atoms with Crippen LogP contribution >= 0.6 is 27.3 Å². The number of rotatable bonds is 7. The van der Waals surface area contributed by atoms with Crippen LogP contribution in [-0.4, -0.2) is 27.8 Å². The van der Waals surface area contributed by atoms with Gasteiger partial charge in [-0.2, -0.15) is 5.10 Å². The van der Waals surface area contributed by atoms with E-state index in [9.17, 15) is 0 Å². The van der Waals surface area contributed by atoms with Crippen molar-refractivity contribution in [2.24, 2.45) is 0 Å². The molecule has 0 N–H and O–H groups in total. The van der Waals surface area contributed by atoms with Gasteiger partial charge in [0.05, 0.1) is 15.9 Å². The molecule has 0 spiro atoms. The molecule has 0 radical (unpaired) electrons. The average Bonchev–Trinajstić information content (AvgIpc) is 3.08. The quantitative estimate of drug-likeness (QED) is 0.722. The molecule has 2 aromatic heterocycles. The lowest BCUT2D eigenvalue weighted by atomic mass is 10.2.